The largest absolute Gasteiger partial charge is 0.480 e. The molecule has 0 aliphatic heterocycles. The molecule has 21 heavy (non-hydrogen) atoms. The SMILES string of the molecule is CSCCC(N)C(=O)NC(C(=O)NC(C)C(=O)O)C(C)C. The lowest BCUT2D eigenvalue weighted by atomic mass is 10.0. The molecule has 0 bridgehead atoms. The molecule has 0 aromatic carbocycles. The summed E-state index contributed by atoms with van der Waals surface area (Å²) in [5.41, 5.74) is 5.75. The van der Waals surface area contributed by atoms with Gasteiger partial charge in [0.15, 0.2) is 0 Å². The Morgan fingerprint density at radius 1 is 1.14 bits per heavy atom. The number of rotatable bonds is 9. The maximum Gasteiger partial charge on any atom is 0.325 e. The third-order valence-corrected chi connectivity index (χ3v) is 3.59. The predicted molar refractivity (Wildman–Crippen MR) is 83.0 cm³/mol. The van der Waals surface area contributed by atoms with Crippen LogP contribution in [-0.4, -0.2) is 53.0 Å². The maximum absolute atomic E-state index is 12.0. The van der Waals surface area contributed by atoms with E-state index in [1.807, 2.05) is 6.26 Å². The van der Waals surface area contributed by atoms with Crippen molar-refractivity contribution in [2.75, 3.05) is 12.0 Å². The normalized spacial score (nSPS) is 15.1. The van der Waals surface area contributed by atoms with Gasteiger partial charge in [-0.25, -0.2) is 0 Å². The second-order valence-electron chi connectivity index (χ2n) is 5.19. The summed E-state index contributed by atoms with van der Waals surface area (Å²) in [7, 11) is 0. The highest BCUT2D eigenvalue weighted by molar-refractivity contribution is 7.98. The van der Waals surface area contributed by atoms with Gasteiger partial charge in [-0.1, -0.05) is 13.8 Å². The van der Waals surface area contributed by atoms with Gasteiger partial charge < -0.3 is 21.5 Å². The van der Waals surface area contributed by atoms with Crippen LogP contribution in [0.25, 0.3) is 0 Å². The van der Waals surface area contributed by atoms with E-state index in [-0.39, 0.29) is 5.92 Å². The van der Waals surface area contributed by atoms with Gasteiger partial charge >= 0.3 is 5.97 Å². The van der Waals surface area contributed by atoms with Gasteiger partial charge in [0.25, 0.3) is 0 Å². The highest BCUT2D eigenvalue weighted by Gasteiger charge is 2.28. The fraction of sp³-hybridized carbons (Fsp3) is 0.769. The summed E-state index contributed by atoms with van der Waals surface area (Å²) in [4.78, 5) is 34.7. The molecule has 0 radical (unpaired) electrons. The number of hydrogen-bond acceptors (Lipinski definition) is 5. The van der Waals surface area contributed by atoms with Crippen LogP contribution in [0.15, 0.2) is 0 Å². The molecule has 3 atom stereocenters. The first-order valence-corrected chi connectivity index (χ1v) is 8.18. The summed E-state index contributed by atoms with van der Waals surface area (Å²) < 4.78 is 0. The molecule has 0 aliphatic carbocycles. The van der Waals surface area contributed by atoms with E-state index in [4.69, 9.17) is 10.8 Å². The molecular weight excluding hydrogens is 294 g/mol. The average Bonchev–Trinajstić information content (AvgIpc) is 2.40. The Morgan fingerprint density at radius 2 is 1.71 bits per heavy atom. The molecule has 8 heteroatoms. The van der Waals surface area contributed by atoms with Gasteiger partial charge in [-0.05, 0) is 31.3 Å². The molecule has 122 valence electrons. The van der Waals surface area contributed by atoms with Crippen LogP contribution in [0.1, 0.15) is 27.2 Å². The zero-order valence-corrected chi connectivity index (χ0v) is 13.7. The van der Waals surface area contributed by atoms with E-state index in [1.54, 1.807) is 25.6 Å². The van der Waals surface area contributed by atoms with Crippen LogP contribution in [0, 0.1) is 5.92 Å². The van der Waals surface area contributed by atoms with Gasteiger partial charge in [-0.15, -0.1) is 0 Å². The molecule has 0 aromatic rings. The number of nitrogens with two attached hydrogens (primary N) is 1. The van der Waals surface area contributed by atoms with Crippen molar-refractivity contribution in [3.8, 4) is 0 Å². The van der Waals surface area contributed by atoms with E-state index < -0.39 is 35.9 Å². The molecule has 5 N–H and O–H groups in total. The van der Waals surface area contributed by atoms with E-state index in [9.17, 15) is 14.4 Å². The predicted octanol–water partition coefficient (Wildman–Crippen LogP) is -0.203. The number of carbonyl (C=O) groups is 3. The van der Waals surface area contributed by atoms with E-state index in [2.05, 4.69) is 10.6 Å². The summed E-state index contributed by atoms with van der Waals surface area (Å²) in [6, 6.07) is -2.50. The lowest BCUT2D eigenvalue weighted by Gasteiger charge is -2.24. The van der Waals surface area contributed by atoms with Crippen LogP contribution in [0.4, 0.5) is 0 Å². The molecule has 0 aromatic heterocycles. The molecular formula is C13H25N3O4S. The summed E-state index contributed by atoms with van der Waals surface area (Å²) in [6.07, 6.45) is 2.44. The summed E-state index contributed by atoms with van der Waals surface area (Å²) >= 11 is 1.59. The van der Waals surface area contributed by atoms with Crippen LogP contribution >= 0.6 is 11.8 Å². The molecule has 0 saturated heterocycles. The number of nitrogens with one attached hydrogen (secondary N) is 2. The van der Waals surface area contributed by atoms with Crippen LogP contribution < -0.4 is 16.4 Å². The molecule has 0 fully saturated rings. The molecule has 3 unspecified atom stereocenters. The monoisotopic (exact) mass is 319 g/mol. The van der Waals surface area contributed by atoms with E-state index in [1.165, 1.54) is 6.92 Å². The fourth-order valence-corrected chi connectivity index (χ4v) is 2.03. The lowest BCUT2D eigenvalue weighted by molar-refractivity contribution is -0.142. The third-order valence-electron chi connectivity index (χ3n) is 2.95. The van der Waals surface area contributed by atoms with Gasteiger partial charge in [-0.3, -0.25) is 14.4 Å². The highest BCUT2D eigenvalue weighted by Crippen LogP contribution is 2.05. The first-order chi connectivity index (χ1) is 9.70. The molecule has 0 heterocycles. The fourth-order valence-electron chi connectivity index (χ4n) is 1.54. The van der Waals surface area contributed by atoms with Crippen molar-refractivity contribution in [3.05, 3.63) is 0 Å². The zero-order chi connectivity index (χ0) is 16.6. The van der Waals surface area contributed by atoms with Crippen molar-refractivity contribution < 1.29 is 19.5 Å². The standard InChI is InChI=1S/C13H25N3O4S/c1-7(2)10(12(18)15-8(3)13(19)20)16-11(17)9(14)5-6-21-4/h7-10H,5-6,14H2,1-4H3,(H,15,18)(H,16,17)(H,19,20). The summed E-state index contributed by atoms with van der Waals surface area (Å²) in [5, 5.41) is 13.7. The average molecular weight is 319 g/mol. The summed E-state index contributed by atoms with van der Waals surface area (Å²) in [6.45, 7) is 4.90. The Morgan fingerprint density at radius 3 is 2.14 bits per heavy atom. The Kier molecular flexibility index (Phi) is 9.03. The smallest absolute Gasteiger partial charge is 0.325 e. The van der Waals surface area contributed by atoms with Gasteiger partial charge in [0.2, 0.25) is 11.8 Å². The molecule has 0 rings (SSSR count). The molecule has 7 nitrogen and oxygen atoms in total. The van der Waals surface area contributed by atoms with Gasteiger partial charge in [0.05, 0.1) is 6.04 Å². The van der Waals surface area contributed by atoms with E-state index >= 15 is 0 Å². The third kappa shape index (κ3) is 7.33. The molecule has 0 aliphatic rings. The van der Waals surface area contributed by atoms with Gasteiger partial charge in [0, 0.05) is 0 Å². The summed E-state index contributed by atoms with van der Waals surface area (Å²) in [5.74, 6) is -1.48. The first kappa shape index (κ1) is 19.7. The maximum atomic E-state index is 12.0. The Hall–Kier alpha value is -1.28. The zero-order valence-electron chi connectivity index (χ0n) is 12.9. The van der Waals surface area contributed by atoms with Crippen molar-refractivity contribution in [2.24, 2.45) is 11.7 Å². The second kappa shape index (κ2) is 9.62. The number of thioether (sulfide) groups is 1. The van der Waals surface area contributed by atoms with Gasteiger partial charge in [-0.2, -0.15) is 11.8 Å². The number of amides is 2. The van der Waals surface area contributed by atoms with Crippen LogP contribution in [-0.2, 0) is 14.4 Å². The Labute approximate surface area is 129 Å². The number of hydrogen-bond donors (Lipinski definition) is 4. The van der Waals surface area contributed by atoms with Gasteiger partial charge in [0.1, 0.15) is 12.1 Å². The number of carboxylic acid groups (broad SMARTS) is 1. The molecule has 2 amide bonds. The first-order valence-electron chi connectivity index (χ1n) is 6.78. The topological polar surface area (TPSA) is 122 Å². The Bertz CT molecular complexity index is 376. The van der Waals surface area contributed by atoms with Crippen LogP contribution in [0.3, 0.4) is 0 Å². The highest BCUT2D eigenvalue weighted by atomic mass is 32.2. The number of carbonyl (C=O) groups excluding carboxylic acids is 2. The van der Waals surface area contributed by atoms with Crippen molar-refractivity contribution >= 4 is 29.5 Å². The number of carboxylic acids is 1. The minimum absolute atomic E-state index is 0.178. The van der Waals surface area contributed by atoms with Crippen molar-refractivity contribution in [3.63, 3.8) is 0 Å². The van der Waals surface area contributed by atoms with Crippen LogP contribution in [0.5, 0.6) is 0 Å². The van der Waals surface area contributed by atoms with E-state index in [0.717, 1.165) is 5.75 Å². The minimum Gasteiger partial charge on any atom is -0.480 e. The van der Waals surface area contributed by atoms with Crippen molar-refractivity contribution in [1.29, 1.82) is 0 Å². The Balaban J connectivity index is 4.65. The second-order valence-corrected chi connectivity index (χ2v) is 6.17. The number of aliphatic carboxylic acids is 1. The molecule has 0 saturated carbocycles. The molecule has 0 spiro atoms. The quantitative estimate of drug-likeness (QED) is 0.467. The van der Waals surface area contributed by atoms with E-state index in [0.29, 0.717) is 6.42 Å². The van der Waals surface area contributed by atoms with Crippen molar-refractivity contribution in [2.45, 2.75) is 45.3 Å². The minimum atomic E-state index is -1.13. The lowest BCUT2D eigenvalue weighted by Crippen LogP contribution is -2.55. The van der Waals surface area contributed by atoms with Crippen LogP contribution in [0.2, 0.25) is 0 Å². The van der Waals surface area contributed by atoms with Crippen molar-refractivity contribution in [1.82, 2.24) is 10.6 Å².